The third-order valence-corrected chi connectivity index (χ3v) is 6.82. The van der Waals surface area contributed by atoms with Crippen LogP contribution in [0.15, 0.2) is 4.99 Å². The second-order valence-electron chi connectivity index (χ2n) is 8.79. The maximum Gasteiger partial charge on any atom is 0.230 e. The zero-order valence-electron chi connectivity index (χ0n) is 19.3. The van der Waals surface area contributed by atoms with Gasteiger partial charge in [0, 0.05) is 53.4 Å². The fourth-order valence-electron chi connectivity index (χ4n) is 5.00. The van der Waals surface area contributed by atoms with Gasteiger partial charge >= 0.3 is 0 Å². The lowest BCUT2D eigenvalue weighted by Gasteiger charge is -2.39. The topological polar surface area (TPSA) is 69.2 Å². The van der Waals surface area contributed by atoms with Gasteiger partial charge in [-0.1, -0.05) is 39.5 Å². The van der Waals surface area contributed by atoms with Gasteiger partial charge in [0.1, 0.15) is 0 Å². The van der Waals surface area contributed by atoms with Gasteiger partial charge in [-0.2, -0.15) is 0 Å². The number of carbonyl (C=O) groups excluding carboxylic acids is 1. The molecule has 2 aliphatic rings. The molecule has 168 valence electrons. The standard InChI is InChI=1S/C22H43N5O2/c1-6-18(7-2)19(27-12-14-29-15-13-27)16-24-21(23-3)25-17-22(10-8-9-11-22)20(28)26(4)5/h18-19H,6-17H2,1-5H3,(H2,23,24,25). The summed E-state index contributed by atoms with van der Waals surface area (Å²) >= 11 is 0. The molecule has 7 nitrogen and oxygen atoms in total. The first kappa shape index (κ1) is 23.9. The smallest absolute Gasteiger partial charge is 0.230 e. The predicted octanol–water partition coefficient (Wildman–Crippen LogP) is 1.94. The van der Waals surface area contributed by atoms with Crippen LogP contribution in [-0.2, 0) is 9.53 Å². The van der Waals surface area contributed by atoms with Crippen LogP contribution in [0.4, 0.5) is 0 Å². The van der Waals surface area contributed by atoms with Gasteiger partial charge in [0.05, 0.1) is 18.6 Å². The van der Waals surface area contributed by atoms with Crippen LogP contribution >= 0.6 is 0 Å². The number of nitrogens with zero attached hydrogens (tertiary/aromatic N) is 3. The number of hydrogen-bond donors (Lipinski definition) is 2. The van der Waals surface area contributed by atoms with Crippen LogP contribution in [0.2, 0.25) is 0 Å². The number of aliphatic imine (C=N–C) groups is 1. The van der Waals surface area contributed by atoms with Gasteiger partial charge in [0.25, 0.3) is 0 Å². The van der Waals surface area contributed by atoms with E-state index in [2.05, 4.69) is 34.4 Å². The number of guanidine groups is 1. The predicted molar refractivity (Wildman–Crippen MR) is 119 cm³/mol. The average Bonchev–Trinajstić information content (AvgIpc) is 3.23. The van der Waals surface area contributed by atoms with Crippen molar-refractivity contribution in [1.82, 2.24) is 20.4 Å². The van der Waals surface area contributed by atoms with Crippen LogP contribution in [0.5, 0.6) is 0 Å². The summed E-state index contributed by atoms with van der Waals surface area (Å²) in [6.45, 7) is 9.70. The minimum Gasteiger partial charge on any atom is -0.379 e. The number of carbonyl (C=O) groups is 1. The molecular weight excluding hydrogens is 366 g/mol. The molecule has 0 aromatic carbocycles. The molecule has 7 heteroatoms. The lowest BCUT2D eigenvalue weighted by atomic mass is 9.84. The number of amides is 1. The highest BCUT2D eigenvalue weighted by molar-refractivity contribution is 5.85. The minimum absolute atomic E-state index is 0.237. The van der Waals surface area contributed by atoms with Gasteiger partial charge in [-0.3, -0.25) is 14.7 Å². The molecule has 1 saturated heterocycles. The van der Waals surface area contributed by atoms with Gasteiger partial charge in [0.2, 0.25) is 5.91 Å². The summed E-state index contributed by atoms with van der Waals surface area (Å²) in [6.07, 6.45) is 6.51. The van der Waals surface area contributed by atoms with Crippen LogP contribution in [0.3, 0.4) is 0 Å². The van der Waals surface area contributed by atoms with E-state index in [9.17, 15) is 4.79 Å². The summed E-state index contributed by atoms with van der Waals surface area (Å²) in [5, 5.41) is 7.03. The van der Waals surface area contributed by atoms with Crippen LogP contribution in [0.25, 0.3) is 0 Å². The Morgan fingerprint density at radius 3 is 2.28 bits per heavy atom. The molecule has 2 fully saturated rings. The number of morpholine rings is 1. The van der Waals surface area contributed by atoms with Crippen molar-refractivity contribution < 1.29 is 9.53 Å². The maximum atomic E-state index is 12.8. The summed E-state index contributed by atoms with van der Waals surface area (Å²) in [4.78, 5) is 21.6. The van der Waals surface area contributed by atoms with Crippen molar-refractivity contribution in [3.8, 4) is 0 Å². The van der Waals surface area contributed by atoms with E-state index in [1.165, 1.54) is 12.8 Å². The van der Waals surface area contributed by atoms with E-state index >= 15 is 0 Å². The largest absolute Gasteiger partial charge is 0.379 e. The molecule has 1 heterocycles. The first-order chi connectivity index (χ1) is 14.0. The third-order valence-electron chi connectivity index (χ3n) is 6.82. The highest BCUT2D eigenvalue weighted by Gasteiger charge is 2.42. The van der Waals surface area contributed by atoms with Gasteiger partial charge in [-0.05, 0) is 18.8 Å². The highest BCUT2D eigenvalue weighted by Crippen LogP contribution is 2.38. The molecule has 0 spiro atoms. The number of rotatable bonds is 9. The van der Waals surface area contributed by atoms with Crippen LogP contribution < -0.4 is 10.6 Å². The zero-order chi connectivity index (χ0) is 21.3. The molecule has 1 atom stereocenters. The summed E-state index contributed by atoms with van der Waals surface area (Å²) in [6, 6.07) is 0.469. The molecule has 1 aliphatic carbocycles. The fraction of sp³-hybridized carbons (Fsp3) is 0.909. The quantitative estimate of drug-likeness (QED) is 0.450. The molecule has 1 unspecified atom stereocenters. The molecule has 2 rings (SSSR count). The summed E-state index contributed by atoms with van der Waals surface area (Å²) in [7, 11) is 5.53. The van der Waals surface area contributed by atoms with E-state index in [0.29, 0.717) is 18.5 Å². The molecule has 0 aromatic heterocycles. The van der Waals surface area contributed by atoms with Crippen molar-refractivity contribution in [2.45, 2.75) is 58.4 Å². The normalized spacial score (nSPS) is 21.2. The molecule has 2 N–H and O–H groups in total. The molecule has 0 aromatic rings. The number of nitrogens with one attached hydrogen (secondary N) is 2. The first-order valence-corrected chi connectivity index (χ1v) is 11.5. The maximum absolute atomic E-state index is 12.8. The van der Waals surface area contributed by atoms with Crippen molar-refractivity contribution in [3.05, 3.63) is 0 Å². The summed E-state index contributed by atoms with van der Waals surface area (Å²) < 4.78 is 5.56. The van der Waals surface area contributed by atoms with E-state index in [1.54, 1.807) is 4.90 Å². The minimum atomic E-state index is -0.292. The van der Waals surface area contributed by atoms with Crippen molar-refractivity contribution in [1.29, 1.82) is 0 Å². The second kappa shape index (κ2) is 11.7. The highest BCUT2D eigenvalue weighted by atomic mass is 16.5. The zero-order valence-corrected chi connectivity index (χ0v) is 19.3. The Hall–Kier alpha value is -1.34. The average molecular weight is 410 g/mol. The Balaban J connectivity index is 1.97. The van der Waals surface area contributed by atoms with Gasteiger partial charge in [-0.25, -0.2) is 0 Å². The lowest BCUT2D eigenvalue weighted by Crippen LogP contribution is -2.54. The Bertz CT molecular complexity index is 521. The van der Waals surface area contributed by atoms with Crippen LogP contribution in [-0.4, -0.2) is 88.2 Å². The Kier molecular flexibility index (Phi) is 9.69. The lowest BCUT2D eigenvalue weighted by molar-refractivity contribution is -0.138. The Labute approximate surface area is 177 Å². The SMILES string of the molecule is CCC(CC)C(CNC(=NC)NCC1(C(=O)N(C)C)CCCC1)N1CCOCC1. The Morgan fingerprint density at radius 1 is 1.14 bits per heavy atom. The van der Waals surface area contributed by atoms with Crippen molar-refractivity contribution in [2.75, 3.05) is 60.5 Å². The molecule has 0 bridgehead atoms. The molecule has 1 aliphatic heterocycles. The van der Waals surface area contributed by atoms with E-state index < -0.39 is 0 Å². The van der Waals surface area contributed by atoms with Gasteiger partial charge in [-0.15, -0.1) is 0 Å². The van der Waals surface area contributed by atoms with Gasteiger partial charge < -0.3 is 20.3 Å². The Morgan fingerprint density at radius 2 is 1.76 bits per heavy atom. The van der Waals surface area contributed by atoms with Crippen LogP contribution in [0, 0.1) is 11.3 Å². The third kappa shape index (κ3) is 6.32. The van der Waals surface area contributed by atoms with E-state index in [1.807, 2.05) is 21.1 Å². The van der Waals surface area contributed by atoms with Crippen molar-refractivity contribution >= 4 is 11.9 Å². The van der Waals surface area contributed by atoms with Crippen LogP contribution in [0.1, 0.15) is 52.4 Å². The van der Waals surface area contributed by atoms with E-state index in [0.717, 1.165) is 64.5 Å². The number of hydrogen-bond acceptors (Lipinski definition) is 4. The molecule has 1 amide bonds. The molecule has 0 radical (unpaired) electrons. The van der Waals surface area contributed by atoms with Gasteiger partial charge in [0.15, 0.2) is 5.96 Å². The molecular formula is C22H43N5O2. The summed E-state index contributed by atoms with van der Waals surface area (Å²) in [5.41, 5.74) is -0.292. The van der Waals surface area contributed by atoms with Crippen molar-refractivity contribution in [2.24, 2.45) is 16.3 Å². The monoisotopic (exact) mass is 409 g/mol. The molecule has 29 heavy (non-hydrogen) atoms. The van der Waals surface area contributed by atoms with E-state index in [-0.39, 0.29) is 11.3 Å². The number of ether oxygens (including phenoxy) is 1. The summed E-state index contributed by atoms with van der Waals surface area (Å²) in [5.74, 6) is 1.68. The van der Waals surface area contributed by atoms with Crippen molar-refractivity contribution in [3.63, 3.8) is 0 Å². The fourth-order valence-corrected chi connectivity index (χ4v) is 5.00. The molecule has 1 saturated carbocycles. The first-order valence-electron chi connectivity index (χ1n) is 11.5. The second-order valence-corrected chi connectivity index (χ2v) is 8.79. The van der Waals surface area contributed by atoms with E-state index in [4.69, 9.17) is 4.74 Å².